The van der Waals surface area contributed by atoms with Gasteiger partial charge in [-0.3, -0.25) is 4.79 Å². The summed E-state index contributed by atoms with van der Waals surface area (Å²) < 4.78 is 5.48. The Labute approximate surface area is 86.0 Å². The number of ether oxygens (including phenoxy) is 1. The van der Waals surface area contributed by atoms with Crippen molar-refractivity contribution < 1.29 is 9.53 Å². The molecule has 0 aromatic carbocycles. The van der Waals surface area contributed by atoms with Crippen molar-refractivity contribution in [2.45, 2.75) is 57.6 Å². The van der Waals surface area contributed by atoms with Crippen molar-refractivity contribution in [3.05, 3.63) is 0 Å². The molecule has 14 heavy (non-hydrogen) atoms. The molecule has 1 heterocycles. The minimum absolute atomic E-state index is 0.00484. The number of ketones is 1. The van der Waals surface area contributed by atoms with Crippen molar-refractivity contribution in [2.75, 3.05) is 6.61 Å². The average molecular weight is 199 g/mol. The van der Waals surface area contributed by atoms with E-state index in [0.29, 0.717) is 18.9 Å². The van der Waals surface area contributed by atoms with E-state index in [0.717, 1.165) is 19.4 Å². The van der Waals surface area contributed by atoms with E-state index in [-0.39, 0.29) is 11.8 Å². The van der Waals surface area contributed by atoms with Crippen LogP contribution in [0.15, 0.2) is 0 Å². The van der Waals surface area contributed by atoms with Gasteiger partial charge in [-0.05, 0) is 32.6 Å². The lowest BCUT2D eigenvalue weighted by Gasteiger charge is -2.08. The van der Waals surface area contributed by atoms with E-state index in [1.54, 1.807) is 0 Å². The molecule has 0 radical (unpaired) electrons. The van der Waals surface area contributed by atoms with Gasteiger partial charge in [-0.2, -0.15) is 0 Å². The number of rotatable bonds is 6. The summed E-state index contributed by atoms with van der Waals surface area (Å²) in [6, 6.07) is 0.00484. The van der Waals surface area contributed by atoms with Crippen LogP contribution in [0.25, 0.3) is 0 Å². The van der Waals surface area contributed by atoms with Crippen LogP contribution >= 0.6 is 0 Å². The number of carbonyl (C=O) groups is 1. The van der Waals surface area contributed by atoms with Crippen LogP contribution in [-0.2, 0) is 9.53 Å². The first kappa shape index (κ1) is 11.7. The zero-order valence-corrected chi connectivity index (χ0v) is 9.00. The summed E-state index contributed by atoms with van der Waals surface area (Å²) in [6.07, 6.45) is 5.94. The van der Waals surface area contributed by atoms with Gasteiger partial charge >= 0.3 is 0 Å². The van der Waals surface area contributed by atoms with E-state index in [4.69, 9.17) is 10.5 Å². The Kier molecular flexibility index (Phi) is 5.12. The van der Waals surface area contributed by atoms with E-state index in [1.807, 2.05) is 6.92 Å². The van der Waals surface area contributed by atoms with Crippen LogP contribution in [0.2, 0.25) is 0 Å². The summed E-state index contributed by atoms with van der Waals surface area (Å²) >= 11 is 0. The third kappa shape index (κ3) is 4.72. The van der Waals surface area contributed by atoms with Crippen molar-refractivity contribution in [1.29, 1.82) is 0 Å². The van der Waals surface area contributed by atoms with Crippen molar-refractivity contribution >= 4 is 5.78 Å². The Bertz CT molecular complexity index is 174. The molecule has 1 fully saturated rings. The van der Waals surface area contributed by atoms with Gasteiger partial charge in [-0.1, -0.05) is 0 Å². The average Bonchev–Trinajstić information content (AvgIpc) is 2.55. The third-order valence-corrected chi connectivity index (χ3v) is 2.56. The first-order chi connectivity index (χ1) is 6.68. The summed E-state index contributed by atoms with van der Waals surface area (Å²) in [4.78, 5) is 11.3. The molecule has 2 atom stereocenters. The molecule has 1 rings (SSSR count). The molecule has 0 saturated carbocycles. The minimum atomic E-state index is 0.00484. The fraction of sp³-hybridized carbons (Fsp3) is 0.909. The van der Waals surface area contributed by atoms with Crippen LogP contribution < -0.4 is 5.73 Å². The molecule has 2 unspecified atom stereocenters. The van der Waals surface area contributed by atoms with Gasteiger partial charge in [0.25, 0.3) is 0 Å². The van der Waals surface area contributed by atoms with Crippen LogP contribution in [0.3, 0.4) is 0 Å². The first-order valence-electron chi connectivity index (χ1n) is 5.57. The second-order valence-electron chi connectivity index (χ2n) is 4.25. The Morgan fingerprint density at radius 3 is 3.00 bits per heavy atom. The molecule has 0 aromatic rings. The molecule has 1 aliphatic rings. The maximum atomic E-state index is 11.3. The van der Waals surface area contributed by atoms with Crippen LogP contribution in [0.5, 0.6) is 0 Å². The molecule has 0 spiro atoms. The van der Waals surface area contributed by atoms with E-state index < -0.39 is 0 Å². The number of Topliss-reactive ketones (excluding diaryl/α,β-unsaturated/α-hetero) is 1. The molecule has 0 aliphatic carbocycles. The van der Waals surface area contributed by atoms with Crippen LogP contribution in [0.4, 0.5) is 0 Å². The molecule has 1 saturated heterocycles. The SMILES string of the molecule is CC(N)CC(=O)CCCC1CCCO1. The van der Waals surface area contributed by atoms with Crippen LogP contribution in [0, 0.1) is 0 Å². The zero-order valence-electron chi connectivity index (χ0n) is 9.00. The second kappa shape index (κ2) is 6.14. The third-order valence-electron chi connectivity index (χ3n) is 2.56. The van der Waals surface area contributed by atoms with Gasteiger partial charge in [0.15, 0.2) is 0 Å². The Morgan fingerprint density at radius 2 is 2.43 bits per heavy atom. The highest BCUT2D eigenvalue weighted by molar-refractivity contribution is 5.78. The summed E-state index contributed by atoms with van der Waals surface area (Å²) in [5.74, 6) is 0.290. The Balaban J connectivity index is 1.99. The molecule has 0 aromatic heterocycles. The summed E-state index contributed by atoms with van der Waals surface area (Å²) in [6.45, 7) is 2.77. The van der Waals surface area contributed by atoms with E-state index >= 15 is 0 Å². The molecule has 3 nitrogen and oxygen atoms in total. The normalized spacial score (nSPS) is 23.7. The summed E-state index contributed by atoms with van der Waals surface area (Å²) in [7, 11) is 0. The van der Waals surface area contributed by atoms with Crippen LogP contribution in [-0.4, -0.2) is 24.5 Å². The zero-order chi connectivity index (χ0) is 10.4. The largest absolute Gasteiger partial charge is 0.378 e. The van der Waals surface area contributed by atoms with Crippen molar-refractivity contribution in [3.63, 3.8) is 0 Å². The van der Waals surface area contributed by atoms with Gasteiger partial charge in [-0.15, -0.1) is 0 Å². The predicted molar refractivity (Wildman–Crippen MR) is 56.1 cm³/mol. The standard InChI is InChI=1S/C11H21NO2/c1-9(12)8-10(13)4-2-5-11-6-3-7-14-11/h9,11H,2-8,12H2,1H3. The van der Waals surface area contributed by atoms with Gasteiger partial charge in [-0.25, -0.2) is 0 Å². The molecule has 0 amide bonds. The Morgan fingerprint density at radius 1 is 1.64 bits per heavy atom. The highest BCUT2D eigenvalue weighted by Crippen LogP contribution is 2.17. The number of nitrogens with two attached hydrogens (primary N) is 1. The lowest BCUT2D eigenvalue weighted by atomic mass is 10.0. The van der Waals surface area contributed by atoms with Gasteiger partial charge in [0, 0.05) is 25.5 Å². The van der Waals surface area contributed by atoms with Crippen LogP contribution in [0.1, 0.15) is 45.4 Å². The molecule has 82 valence electrons. The van der Waals surface area contributed by atoms with E-state index in [1.165, 1.54) is 12.8 Å². The molecule has 0 bridgehead atoms. The summed E-state index contributed by atoms with van der Waals surface area (Å²) in [5.41, 5.74) is 5.54. The topological polar surface area (TPSA) is 52.3 Å². The lowest BCUT2D eigenvalue weighted by molar-refractivity contribution is -0.119. The highest BCUT2D eigenvalue weighted by Gasteiger charge is 2.15. The van der Waals surface area contributed by atoms with Crippen molar-refractivity contribution in [3.8, 4) is 0 Å². The lowest BCUT2D eigenvalue weighted by Crippen LogP contribution is -2.19. The van der Waals surface area contributed by atoms with Gasteiger partial charge in [0.05, 0.1) is 6.10 Å². The fourth-order valence-corrected chi connectivity index (χ4v) is 1.86. The first-order valence-corrected chi connectivity index (χ1v) is 5.57. The molecule has 2 N–H and O–H groups in total. The number of carbonyl (C=O) groups excluding carboxylic acids is 1. The van der Waals surface area contributed by atoms with E-state index in [2.05, 4.69) is 0 Å². The van der Waals surface area contributed by atoms with E-state index in [9.17, 15) is 4.79 Å². The molecule has 3 heteroatoms. The fourth-order valence-electron chi connectivity index (χ4n) is 1.86. The molecular weight excluding hydrogens is 178 g/mol. The quantitative estimate of drug-likeness (QED) is 0.707. The van der Waals surface area contributed by atoms with Crippen molar-refractivity contribution in [2.24, 2.45) is 5.73 Å². The monoisotopic (exact) mass is 199 g/mol. The minimum Gasteiger partial charge on any atom is -0.378 e. The molecule has 1 aliphatic heterocycles. The number of hydrogen-bond donors (Lipinski definition) is 1. The smallest absolute Gasteiger partial charge is 0.134 e. The maximum absolute atomic E-state index is 11.3. The highest BCUT2D eigenvalue weighted by atomic mass is 16.5. The molecular formula is C11H21NO2. The number of hydrogen-bond acceptors (Lipinski definition) is 3. The predicted octanol–water partition coefficient (Wildman–Crippen LogP) is 1.64. The van der Waals surface area contributed by atoms with Crippen molar-refractivity contribution in [1.82, 2.24) is 0 Å². The van der Waals surface area contributed by atoms with Gasteiger partial charge < -0.3 is 10.5 Å². The maximum Gasteiger partial charge on any atom is 0.134 e. The summed E-state index contributed by atoms with van der Waals surface area (Å²) in [5, 5.41) is 0. The van der Waals surface area contributed by atoms with Gasteiger partial charge in [0.1, 0.15) is 5.78 Å². The second-order valence-corrected chi connectivity index (χ2v) is 4.25. The van der Waals surface area contributed by atoms with Gasteiger partial charge in [0.2, 0.25) is 0 Å². The Hall–Kier alpha value is -0.410.